The highest BCUT2D eigenvalue weighted by atomic mass is 16.5. The Bertz CT molecular complexity index is 265. The molecule has 0 unspecified atom stereocenters. The summed E-state index contributed by atoms with van der Waals surface area (Å²) in [6, 6.07) is 0. The molecule has 1 aliphatic rings. The van der Waals surface area contributed by atoms with Gasteiger partial charge in [-0.1, -0.05) is 44.2 Å². The van der Waals surface area contributed by atoms with Crippen molar-refractivity contribution in [2.24, 2.45) is 5.92 Å². The Morgan fingerprint density at radius 1 is 1.07 bits per heavy atom. The third kappa shape index (κ3) is 4.06. The fourth-order valence-corrected chi connectivity index (χ4v) is 1.84. The van der Waals surface area contributed by atoms with Crippen LogP contribution in [0.3, 0.4) is 0 Å². The maximum atomic E-state index is 4.84. The fourth-order valence-electron chi connectivity index (χ4n) is 1.84. The summed E-state index contributed by atoms with van der Waals surface area (Å²) in [5.41, 5.74) is 2.15. The summed E-state index contributed by atoms with van der Waals surface area (Å²) in [5.74, 6) is 1.95. The molecule has 0 amide bonds. The van der Waals surface area contributed by atoms with E-state index < -0.39 is 0 Å². The van der Waals surface area contributed by atoms with E-state index in [1.165, 1.54) is 32.1 Å². The highest BCUT2D eigenvalue weighted by molar-refractivity contribution is 5.17. The number of aryl methyl sites for hydroxylation is 2. The van der Waals surface area contributed by atoms with Gasteiger partial charge in [-0.2, -0.15) is 0 Å². The maximum absolute atomic E-state index is 4.84. The first kappa shape index (κ1) is 12.3. The van der Waals surface area contributed by atoms with Crippen LogP contribution in [0.15, 0.2) is 4.52 Å². The fraction of sp³-hybridized carbons (Fsp3) is 0.769. The van der Waals surface area contributed by atoms with Gasteiger partial charge in [-0.05, 0) is 26.7 Å². The molecule has 0 bridgehead atoms. The molecule has 1 saturated carbocycles. The second kappa shape index (κ2) is 5.94. The van der Waals surface area contributed by atoms with E-state index in [0.717, 1.165) is 22.9 Å². The smallest absolute Gasteiger partial charge is 0.136 e. The highest BCUT2D eigenvalue weighted by Gasteiger charge is 2.05. The average molecular weight is 209 g/mol. The number of aromatic nitrogens is 1. The van der Waals surface area contributed by atoms with Gasteiger partial charge in [0.05, 0.1) is 5.69 Å². The lowest BCUT2D eigenvalue weighted by Crippen LogP contribution is -1.99. The Kier molecular flexibility index (Phi) is 4.86. The van der Waals surface area contributed by atoms with Crippen LogP contribution in [-0.4, -0.2) is 5.16 Å². The molecule has 0 aliphatic heterocycles. The van der Waals surface area contributed by atoms with Gasteiger partial charge in [0.1, 0.15) is 5.76 Å². The van der Waals surface area contributed by atoms with E-state index in [2.05, 4.69) is 12.1 Å². The molecule has 1 heterocycles. The van der Waals surface area contributed by atoms with Crippen LogP contribution in [0.1, 0.15) is 56.0 Å². The predicted octanol–water partition coefficient (Wildman–Crippen LogP) is 4.19. The monoisotopic (exact) mass is 209 g/mol. The summed E-state index contributed by atoms with van der Waals surface area (Å²) in [4.78, 5) is 0. The second-order valence-electron chi connectivity index (χ2n) is 4.69. The zero-order valence-electron chi connectivity index (χ0n) is 10.5. The molecule has 0 N–H and O–H groups in total. The Balaban J connectivity index is 0.000000151. The van der Waals surface area contributed by atoms with Crippen molar-refractivity contribution in [1.29, 1.82) is 0 Å². The van der Waals surface area contributed by atoms with Crippen LogP contribution in [0.25, 0.3) is 0 Å². The van der Waals surface area contributed by atoms with Crippen molar-refractivity contribution in [1.82, 2.24) is 5.16 Å². The minimum atomic E-state index is 0.919. The van der Waals surface area contributed by atoms with Crippen LogP contribution in [0.2, 0.25) is 0 Å². The van der Waals surface area contributed by atoms with Gasteiger partial charge in [0, 0.05) is 5.56 Å². The average Bonchev–Trinajstić information content (AvgIpc) is 2.52. The van der Waals surface area contributed by atoms with Crippen LogP contribution in [-0.2, 0) is 0 Å². The van der Waals surface area contributed by atoms with Crippen molar-refractivity contribution in [2.45, 2.75) is 59.8 Å². The van der Waals surface area contributed by atoms with Crippen molar-refractivity contribution < 1.29 is 4.52 Å². The van der Waals surface area contributed by atoms with Crippen molar-refractivity contribution in [2.75, 3.05) is 0 Å². The second-order valence-corrected chi connectivity index (χ2v) is 4.69. The Morgan fingerprint density at radius 2 is 1.67 bits per heavy atom. The molecule has 1 aromatic heterocycles. The molecule has 0 aromatic carbocycles. The molecular weight excluding hydrogens is 186 g/mol. The number of hydrogen-bond donors (Lipinski definition) is 0. The molecular formula is C13H23NO. The lowest BCUT2D eigenvalue weighted by atomic mass is 9.91. The van der Waals surface area contributed by atoms with Crippen LogP contribution in [0.4, 0.5) is 0 Å². The molecule has 15 heavy (non-hydrogen) atoms. The maximum Gasteiger partial charge on any atom is 0.136 e. The molecule has 1 aliphatic carbocycles. The summed E-state index contributed by atoms with van der Waals surface area (Å²) < 4.78 is 4.84. The van der Waals surface area contributed by atoms with E-state index in [1.807, 2.05) is 20.8 Å². The quantitative estimate of drug-likeness (QED) is 0.640. The van der Waals surface area contributed by atoms with Gasteiger partial charge in [-0.3, -0.25) is 0 Å². The Hall–Kier alpha value is -0.790. The van der Waals surface area contributed by atoms with Crippen molar-refractivity contribution in [3.05, 3.63) is 17.0 Å². The van der Waals surface area contributed by atoms with Crippen LogP contribution >= 0.6 is 0 Å². The van der Waals surface area contributed by atoms with E-state index >= 15 is 0 Å². The van der Waals surface area contributed by atoms with E-state index in [-0.39, 0.29) is 0 Å². The standard InChI is InChI=1S/C7H14.C6H9NO/c1-7-5-3-2-4-6-7;1-4-5(2)7-8-6(4)3/h7H,2-6H2,1H3;1-3H3. The van der Waals surface area contributed by atoms with E-state index in [0.29, 0.717) is 0 Å². The minimum absolute atomic E-state index is 0.919. The number of hydrogen-bond acceptors (Lipinski definition) is 2. The summed E-state index contributed by atoms with van der Waals surface area (Å²) in [6.45, 7) is 8.21. The molecule has 2 rings (SSSR count). The summed E-state index contributed by atoms with van der Waals surface area (Å²) in [6.07, 6.45) is 7.44. The van der Waals surface area contributed by atoms with Crippen molar-refractivity contribution in [3.8, 4) is 0 Å². The molecule has 1 aromatic rings. The molecule has 1 fully saturated rings. The molecule has 0 atom stereocenters. The Morgan fingerprint density at radius 3 is 1.87 bits per heavy atom. The first-order chi connectivity index (χ1) is 7.11. The Labute approximate surface area is 93.0 Å². The largest absolute Gasteiger partial charge is 0.361 e. The SMILES string of the molecule is CC1CCCCC1.Cc1noc(C)c1C. The predicted molar refractivity (Wildman–Crippen MR) is 63.0 cm³/mol. The van der Waals surface area contributed by atoms with Gasteiger partial charge in [-0.25, -0.2) is 0 Å². The highest BCUT2D eigenvalue weighted by Crippen LogP contribution is 2.22. The summed E-state index contributed by atoms with van der Waals surface area (Å²) in [5, 5.41) is 3.74. The minimum Gasteiger partial charge on any atom is -0.361 e. The number of nitrogens with zero attached hydrogens (tertiary/aromatic N) is 1. The van der Waals surface area contributed by atoms with Crippen LogP contribution in [0, 0.1) is 26.7 Å². The molecule has 0 saturated heterocycles. The lowest BCUT2D eigenvalue weighted by Gasteiger charge is -2.15. The third-order valence-corrected chi connectivity index (χ3v) is 3.28. The van der Waals surface area contributed by atoms with Crippen molar-refractivity contribution >= 4 is 0 Å². The van der Waals surface area contributed by atoms with Crippen LogP contribution in [0.5, 0.6) is 0 Å². The van der Waals surface area contributed by atoms with E-state index in [9.17, 15) is 0 Å². The summed E-state index contributed by atoms with van der Waals surface area (Å²) >= 11 is 0. The zero-order chi connectivity index (χ0) is 11.3. The van der Waals surface area contributed by atoms with Gasteiger partial charge in [0.2, 0.25) is 0 Å². The molecule has 0 spiro atoms. The third-order valence-electron chi connectivity index (χ3n) is 3.28. The summed E-state index contributed by atoms with van der Waals surface area (Å²) in [7, 11) is 0. The first-order valence-corrected chi connectivity index (χ1v) is 6.00. The lowest BCUT2D eigenvalue weighted by molar-refractivity contribution is 0.385. The van der Waals surface area contributed by atoms with Crippen LogP contribution < -0.4 is 0 Å². The van der Waals surface area contributed by atoms with Crippen molar-refractivity contribution in [3.63, 3.8) is 0 Å². The molecule has 86 valence electrons. The van der Waals surface area contributed by atoms with Gasteiger partial charge in [-0.15, -0.1) is 0 Å². The normalized spacial score (nSPS) is 17.1. The van der Waals surface area contributed by atoms with Gasteiger partial charge < -0.3 is 4.52 Å². The van der Waals surface area contributed by atoms with Gasteiger partial charge in [0.25, 0.3) is 0 Å². The van der Waals surface area contributed by atoms with Gasteiger partial charge in [0.15, 0.2) is 0 Å². The molecule has 2 nitrogen and oxygen atoms in total. The van der Waals surface area contributed by atoms with E-state index in [4.69, 9.17) is 4.52 Å². The topological polar surface area (TPSA) is 26.0 Å². The zero-order valence-corrected chi connectivity index (χ0v) is 10.5. The van der Waals surface area contributed by atoms with Gasteiger partial charge >= 0.3 is 0 Å². The molecule has 0 radical (unpaired) electrons. The number of rotatable bonds is 0. The van der Waals surface area contributed by atoms with E-state index in [1.54, 1.807) is 0 Å². The molecule has 2 heteroatoms. The first-order valence-electron chi connectivity index (χ1n) is 6.00.